The van der Waals surface area contributed by atoms with Gasteiger partial charge in [-0.1, -0.05) is 0 Å². The fourth-order valence-corrected chi connectivity index (χ4v) is 2.96. The minimum absolute atomic E-state index is 0.289. The van der Waals surface area contributed by atoms with Crippen molar-refractivity contribution in [3.05, 3.63) is 0 Å². The van der Waals surface area contributed by atoms with Crippen molar-refractivity contribution < 1.29 is 4.21 Å². The first-order valence-corrected chi connectivity index (χ1v) is 6.72. The number of rotatable bonds is 3. The lowest BCUT2D eigenvalue weighted by molar-refractivity contribution is 0.201. The van der Waals surface area contributed by atoms with Gasteiger partial charge in [-0.2, -0.15) is 5.26 Å². The van der Waals surface area contributed by atoms with E-state index in [1.807, 2.05) is 0 Å². The van der Waals surface area contributed by atoms with E-state index in [9.17, 15) is 4.21 Å². The Morgan fingerprint density at radius 3 is 2.60 bits per heavy atom. The van der Waals surface area contributed by atoms with Crippen LogP contribution in [-0.4, -0.2) is 45.3 Å². The van der Waals surface area contributed by atoms with Crippen molar-refractivity contribution in [3.8, 4) is 6.07 Å². The van der Waals surface area contributed by atoms with Crippen LogP contribution in [0.2, 0.25) is 0 Å². The van der Waals surface area contributed by atoms with E-state index in [1.165, 1.54) is 0 Å². The lowest BCUT2D eigenvalue weighted by Crippen LogP contribution is -2.48. The molecule has 1 fully saturated rings. The monoisotopic (exact) mass is 229 g/mol. The number of hydrogen-bond acceptors (Lipinski definition) is 4. The van der Waals surface area contributed by atoms with Gasteiger partial charge in [-0.15, -0.1) is 0 Å². The van der Waals surface area contributed by atoms with Crippen LogP contribution in [-0.2, 0) is 10.8 Å². The van der Waals surface area contributed by atoms with Crippen LogP contribution in [0.25, 0.3) is 0 Å². The van der Waals surface area contributed by atoms with Crippen LogP contribution in [0.5, 0.6) is 0 Å². The van der Waals surface area contributed by atoms with Gasteiger partial charge in [0.15, 0.2) is 0 Å². The fourth-order valence-electron chi connectivity index (χ4n) is 1.88. The molecule has 0 saturated carbocycles. The van der Waals surface area contributed by atoms with Gasteiger partial charge in [-0.05, 0) is 20.3 Å². The predicted molar refractivity (Wildman–Crippen MR) is 61.7 cm³/mol. The van der Waals surface area contributed by atoms with Gasteiger partial charge in [0.25, 0.3) is 0 Å². The molecule has 1 heterocycles. The van der Waals surface area contributed by atoms with Crippen LogP contribution in [0.1, 0.15) is 20.3 Å². The van der Waals surface area contributed by atoms with Crippen LogP contribution in [0, 0.1) is 11.3 Å². The zero-order valence-corrected chi connectivity index (χ0v) is 10.2. The van der Waals surface area contributed by atoms with E-state index in [1.54, 1.807) is 6.92 Å². The largest absolute Gasteiger partial charge is 0.314 e. The first kappa shape index (κ1) is 12.6. The molecule has 2 unspecified atom stereocenters. The summed E-state index contributed by atoms with van der Waals surface area (Å²) in [6.45, 7) is 5.55. The molecule has 1 aliphatic rings. The highest BCUT2D eigenvalue weighted by Gasteiger charge is 2.26. The van der Waals surface area contributed by atoms with Gasteiger partial charge in [0.2, 0.25) is 0 Å². The average molecular weight is 229 g/mol. The standard InChI is InChI=1S/C10H19N3OS/c1-9(7-10(2,12)8-11)13-3-5-15(14)6-4-13/h9H,3-7,12H2,1-2H3. The molecule has 0 bridgehead atoms. The Labute approximate surface area is 93.9 Å². The van der Waals surface area contributed by atoms with Gasteiger partial charge >= 0.3 is 0 Å². The van der Waals surface area contributed by atoms with E-state index in [4.69, 9.17) is 11.0 Å². The van der Waals surface area contributed by atoms with Gasteiger partial charge in [-0.3, -0.25) is 9.11 Å². The predicted octanol–water partition coefficient (Wildman–Crippen LogP) is 0.0703. The Hall–Kier alpha value is -0.440. The molecule has 0 amide bonds. The second-order valence-electron chi connectivity index (χ2n) is 4.47. The van der Waals surface area contributed by atoms with Crippen LogP contribution >= 0.6 is 0 Å². The third-order valence-corrected chi connectivity index (χ3v) is 4.09. The first-order chi connectivity index (χ1) is 6.94. The van der Waals surface area contributed by atoms with E-state index in [2.05, 4.69) is 17.9 Å². The number of nitrogens with zero attached hydrogens (tertiary/aromatic N) is 2. The van der Waals surface area contributed by atoms with Gasteiger partial charge < -0.3 is 5.73 Å². The molecule has 2 N–H and O–H groups in total. The molecule has 5 heteroatoms. The molecule has 15 heavy (non-hydrogen) atoms. The topological polar surface area (TPSA) is 70.1 Å². The summed E-state index contributed by atoms with van der Waals surface area (Å²) in [4.78, 5) is 2.27. The third-order valence-electron chi connectivity index (χ3n) is 2.81. The summed E-state index contributed by atoms with van der Waals surface area (Å²) in [7, 11) is -0.640. The van der Waals surface area contributed by atoms with Crippen molar-refractivity contribution in [3.63, 3.8) is 0 Å². The van der Waals surface area contributed by atoms with Gasteiger partial charge in [0, 0.05) is 41.4 Å². The summed E-state index contributed by atoms with van der Waals surface area (Å²) in [5, 5.41) is 8.84. The number of nitriles is 1. The summed E-state index contributed by atoms with van der Waals surface area (Å²) in [5.74, 6) is 1.50. The molecule has 4 nitrogen and oxygen atoms in total. The highest BCUT2D eigenvalue weighted by molar-refractivity contribution is 7.85. The molecule has 1 saturated heterocycles. The van der Waals surface area contributed by atoms with Gasteiger partial charge in [0.1, 0.15) is 5.54 Å². The molecule has 0 aliphatic carbocycles. The normalized spacial score (nSPS) is 25.5. The minimum atomic E-state index is -0.754. The van der Waals surface area contributed by atoms with Crippen molar-refractivity contribution in [1.82, 2.24) is 4.90 Å². The van der Waals surface area contributed by atoms with Crippen molar-refractivity contribution >= 4 is 10.8 Å². The minimum Gasteiger partial charge on any atom is -0.314 e. The first-order valence-electron chi connectivity index (χ1n) is 5.24. The van der Waals surface area contributed by atoms with E-state index in [0.717, 1.165) is 24.6 Å². The summed E-state index contributed by atoms with van der Waals surface area (Å²) in [5.41, 5.74) is 5.05. The maximum Gasteiger partial charge on any atom is 0.102 e. The van der Waals surface area contributed by atoms with Crippen LogP contribution in [0.15, 0.2) is 0 Å². The van der Waals surface area contributed by atoms with Crippen LogP contribution in [0.3, 0.4) is 0 Å². The van der Waals surface area contributed by atoms with Crippen molar-refractivity contribution in [2.45, 2.75) is 31.8 Å². The molecule has 1 rings (SSSR count). The summed E-state index contributed by atoms with van der Waals surface area (Å²) >= 11 is 0. The molecule has 2 atom stereocenters. The molecule has 0 aromatic heterocycles. The summed E-state index contributed by atoms with van der Waals surface area (Å²) in [6.07, 6.45) is 0.663. The molecule has 0 spiro atoms. The van der Waals surface area contributed by atoms with Gasteiger partial charge in [0.05, 0.1) is 6.07 Å². The smallest absolute Gasteiger partial charge is 0.102 e. The Morgan fingerprint density at radius 2 is 2.13 bits per heavy atom. The highest BCUT2D eigenvalue weighted by atomic mass is 32.2. The molecular formula is C10H19N3OS. The van der Waals surface area contributed by atoms with E-state index in [-0.39, 0.29) is 6.04 Å². The quantitative estimate of drug-likeness (QED) is 0.743. The lowest BCUT2D eigenvalue weighted by Gasteiger charge is -2.34. The summed E-state index contributed by atoms with van der Waals surface area (Å²) in [6, 6.07) is 2.40. The van der Waals surface area contributed by atoms with Crippen molar-refractivity contribution in [1.29, 1.82) is 5.26 Å². The second-order valence-corrected chi connectivity index (χ2v) is 6.16. The molecule has 0 radical (unpaired) electrons. The Kier molecular flexibility index (Phi) is 4.26. The maximum atomic E-state index is 11.2. The Balaban J connectivity index is 2.44. The van der Waals surface area contributed by atoms with E-state index < -0.39 is 16.3 Å². The molecular weight excluding hydrogens is 210 g/mol. The summed E-state index contributed by atoms with van der Waals surface area (Å²) < 4.78 is 11.2. The number of nitrogens with two attached hydrogens (primary N) is 1. The fraction of sp³-hybridized carbons (Fsp3) is 0.900. The second kappa shape index (κ2) is 5.06. The number of hydrogen-bond donors (Lipinski definition) is 1. The van der Waals surface area contributed by atoms with Gasteiger partial charge in [-0.25, -0.2) is 0 Å². The third kappa shape index (κ3) is 3.90. The lowest BCUT2D eigenvalue weighted by atomic mass is 9.96. The molecule has 86 valence electrons. The van der Waals surface area contributed by atoms with E-state index >= 15 is 0 Å². The van der Waals surface area contributed by atoms with Crippen molar-refractivity contribution in [2.75, 3.05) is 24.6 Å². The average Bonchev–Trinajstić information content (AvgIpc) is 2.18. The van der Waals surface area contributed by atoms with Crippen molar-refractivity contribution in [2.24, 2.45) is 5.73 Å². The Morgan fingerprint density at radius 1 is 1.60 bits per heavy atom. The Bertz CT molecular complexity index is 275. The van der Waals surface area contributed by atoms with Crippen LogP contribution < -0.4 is 5.73 Å². The highest BCUT2D eigenvalue weighted by Crippen LogP contribution is 2.14. The molecule has 0 aromatic carbocycles. The molecule has 1 aliphatic heterocycles. The molecule has 0 aromatic rings. The zero-order chi connectivity index (χ0) is 11.5. The SMILES string of the molecule is CC(CC(C)(N)C#N)N1CCS(=O)CC1. The zero-order valence-electron chi connectivity index (χ0n) is 9.40. The van der Waals surface area contributed by atoms with Crippen LogP contribution in [0.4, 0.5) is 0 Å². The van der Waals surface area contributed by atoms with E-state index in [0.29, 0.717) is 6.42 Å². The maximum absolute atomic E-state index is 11.2.